The van der Waals surface area contributed by atoms with Gasteiger partial charge in [0.25, 0.3) is 0 Å². The second-order valence-electron chi connectivity index (χ2n) is 3.72. The highest BCUT2D eigenvalue weighted by Gasteiger charge is 2.05. The van der Waals surface area contributed by atoms with Crippen LogP contribution in [0.25, 0.3) is 10.9 Å². The van der Waals surface area contributed by atoms with Crippen LogP contribution in [0.4, 0.5) is 0 Å². The molecule has 1 aromatic carbocycles. The fraction of sp³-hybridized carbons (Fsp3) is 0.333. The standard InChI is InChI=1S/C12H15NO/c1-9-4-5-11-10(8-14-3)7-13(2)12(11)6-9/h4-7H,8H2,1-3H3. The zero-order valence-electron chi connectivity index (χ0n) is 8.87. The average Bonchev–Trinajstić information content (AvgIpc) is 2.44. The lowest BCUT2D eigenvalue weighted by Gasteiger charge is -1.98. The lowest BCUT2D eigenvalue weighted by atomic mass is 10.1. The van der Waals surface area contributed by atoms with Crippen LogP contribution in [-0.4, -0.2) is 11.7 Å². The van der Waals surface area contributed by atoms with Crippen molar-refractivity contribution in [2.24, 2.45) is 7.05 Å². The molecular weight excluding hydrogens is 174 g/mol. The van der Waals surface area contributed by atoms with Crippen LogP contribution in [0.2, 0.25) is 0 Å². The summed E-state index contributed by atoms with van der Waals surface area (Å²) < 4.78 is 7.32. The number of aromatic nitrogens is 1. The second-order valence-corrected chi connectivity index (χ2v) is 3.72. The maximum Gasteiger partial charge on any atom is 0.0733 e. The zero-order chi connectivity index (χ0) is 10.1. The molecule has 2 rings (SSSR count). The Labute approximate surface area is 84.1 Å². The summed E-state index contributed by atoms with van der Waals surface area (Å²) in [6.07, 6.45) is 2.13. The molecule has 2 heteroatoms. The molecule has 74 valence electrons. The molecule has 0 N–H and O–H groups in total. The van der Waals surface area contributed by atoms with Gasteiger partial charge in [0, 0.05) is 36.8 Å². The van der Waals surface area contributed by atoms with E-state index in [1.807, 2.05) is 0 Å². The fourth-order valence-electron chi connectivity index (χ4n) is 1.85. The highest BCUT2D eigenvalue weighted by Crippen LogP contribution is 2.22. The minimum absolute atomic E-state index is 0.681. The van der Waals surface area contributed by atoms with Crippen LogP contribution >= 0.6 is 0 Å². The van der Waals surface area contributed by atoms with Crippen molar-refractivity contribution in [1.29, 1.82) is 0 Å². The van der Waals surface area contributed by atoms with Gasteiger partial charge < -0.3 is 9.30 Å². The molecule has 2 aromatic rings. The molecule has 14 heavy (non-hydrogen) atoms. The molecule has 1 aromatic heterocycles. The van der Waals surface area contributed by atoms with Gasteiger partial charge in [-0.3, -0.25) is 0 Å². The van der Waals surface area contributed by atoms with E-state index in [0.29, 0.717) is 6.61 Å². The molecule has 0 saturated heterocycles. The third-order valence-electron chi connectivity index (χ3n) is 2.53. The maximum atomic E-state index is 5.17. The van der Waals surface area contributed by atoms with Gasteiger partial charge in [-0.25, -0.2) is 0 Å². The third-order valence-corrected chi connectivity index (χ3v) is 2.53. The van der Waals surface area contributed by atoms with E-state index in [2.05, 4.69) is 42.9 Å². The summed E-state index contributed by atoms with van der Waals surface area (Å²) in [6, 6.07) is 6.51. The highest BCUT2D eigenvalue weighted by atomic mass is 16.5. The van der Waals surface area contributed by atoms with Crippen LogP contribution in [0.3, 0.4) is 0 Å². The Bertz CT molecular complexity index is 457. The fourth-order valence-corrected chi connectivity index (χ4v) is 1.85. The minimum atomic E-state index is 0.681. The van der Waals surface area contributed by atoms with Crippen LogP contribution in [0, 0.1) is 6.92 Å². The van der Waals surface area contributed by atoms with E-state index in [0.717, 1.165) is 0 Å². The molecule has 0 spiro atoms. The highest BCUT2D eigenvalue weighted by molar-refractivity contribution is 5.84. The predicted molar refractivity (Wildman–Crippen MR) is 58.4 cm³/mol. The number of hydrogen-bond donors (Lipinski definition) is 0. The van der Waals surface area contributed by atoms with Crippen molar-refractivity contribution < 1.29 is 4.74 Å². The first-order chi connectivity index (χ1) is 6.72. The predicted octanol–water partition coefficient (Wildman–Crippen LogP) is 2.63. The molecule has 2 nitrogen and oxygen atoms in total. The molecule has 0 saturated carbocycles. The second kappa shape index (κ2) is 3.46. The van der Waals surface area contributed by atoms with E-state index in [9.17, 15) is 0 Å². The average molecular weight is 189 g/mol. The maximum absolute atomic E-state index is 5.17. The molecule has 0 aliphatic rings. The SMILES string of the molecule is COCc1cn(C)c2cc(C)ccc12. The van der Waals surface area contributed by atoms with Crippen LogP contribution in [0.15, 0.2) is 24.4 Å². The molecule has 0 aliphatic carbocycles. The number of hydrogen-bond acceptors (Lipinski definition) is 1. The Hall–Kier alpha value is -1.28. The van der Waals surface area contributed by atoms with Crippen LogP contribution in [0.1, 0.15) is 11.1 Å². The van der Waals surface area contributed by atoms with Gasteiger partial charge in [-0.2, -0.15) is 0 Å². The number of methoxy groups -OCH3 is 1. The number of benzene rings is 1. The van der Waals surface area contributed by atoms with Crippen LogP contribution in [-0.2, 0) is 18.4 Å². The monoisotopic (exact) mass is 189 g/mol. The van der Waals surface area contributed by atoms with Crippen LogP contribution in [0.5, 0.6) is 0 Å². The lowest BCUT2D eigenvalue weighted by Crippen LogP contribution is -1.84. The number of aryl methyl sites for hydroxylation is 2. The topological polar surface area (TPSA) is 14.2 Å². The quantitative estimate of drug-likeness (QED) is 0.708. The molecule has 0 atom stereocenters. The Kier molecular flexibility index (Phi) is 2.30. The molecule has 0 radical (unpaired) electrons. The number of fused-ring (bicyclic) bond motifs is 1. The summed E-state index contributed by atoms with van der Waals surface area (Å²) in [4.78, 5) is 0. The van der Waals surface area contributed by atoms with Crippen molar-refractivity contribution in [3.05, 3.63) is 35.5 Å². The van der Waals surface area contributed by atoms with Gasteiger partial charge in [-0.15, -0.1) is 0 Å². The van der Waals surface area contributed by atoms with Crippen molar-refractivity contribution in [2.45, 2.75) is 13.5 Å². The van der Waals surface area contributed by atoms with Gasteiger partial charge in [-0.1, -0.05) is 12.1 Å². The van der Waals surface area contributed by atoms with E-state index in [1.165, 1.54) is 22.0 Å². The van der Waals surface area contributed by atoms with Crippen molar-refractivity contribution in [2.75, 3.05) is 7.11 Å². The molecule has 1 heterocycles. The van der Waals surface area contributed by atoms with Crippen molar-refractivity contribution in [1.82, 2.24) is 4.57 Å². The summed E-state index contributed by atoms with van der Waals surface area (Å²) in [5.74, 6) is 0. The Morgan fingerprint density at radius 1 is 1.36 bits per heavy atom. The summed E-state index contributed by atoms with van der Waals surface area (Å²) >= 11 is 0. The third kappa shape index (κ3) is 1.42. The first kappa shape index (κ1) is 9.28. The lowest BCUT2D eigenvalue weighted by molar-refractivity contribution is 0.186. The van der Waals surface area contributed by atoms with Gasteiger partial charge >= 0.3 is 0 Å². The molecule has 0 amide bonds. The number of nitrogens with zero attached hydrogens (tertiary/aromatic N) is 1. The number of ether oxygens (including phenoxy) is 1. The molecule has 0 unspecified atom stereocenters. The minimum Gasteiger partial charge on any atom is -0.380 e. The number of rotatable bonds is 2. The largest absolute Gasteiger partial charge is 0.380 e. The Morgan fingerprint density at radius 2 is 2.14 bits per heavy atom. The van der Waals surface area contributed by atoms with Gasteiger partial charge in [0.2, 0.25) is 0 Å². The Morgan fingerprint density at radius 3 is 2.86 bits per heavy atom. The summed E-state index contributed by atoms with van der Waals surface area (Å²) in [5, 5.41) is 1.29. The van der Waals surface area contributed by atoms with Gasteiger partial charge in [0.1, 0.15) is 0 Å². The van der Waals surface area contributed by atoms with Gasteiger partial charge in [-0.05, 0) is 18.6 Å². The van der Waals surface area contributed by atoms with Crippen molar-refractivity contribution in [3.63, 3.8) is 0 Å². The van der Waals surface area contributed by atoms with Gasteiger partial charge in [0.05, 0.1) is 6.61 Å². The molecule has 0 fully saturated rings. The van der Waals surface area contributed by atoms with Crippen molar-refractivity contribution in [3.8, 4) is 0 Å². The van der Waals surface area contributed by atoms with E-state index in [4.69, 9.17) is 4.74 Å². The zero-order valence-corrected chi connectivity index (χ0v) is 8.87. The summed E-state index contributed by atoms with van der Waals surface area (Å²) in [5.41, 5.74) is 3.82. The summed E-state index contributed by atoms with van der Waals surface area (Å²) in [6.45, 7) is 2.79. The smallest absolute Gasteiger partial charge is 0.0733 e. The van der Waals surface area contributed by atoms with E-state index in [1.54, 1.807) is 7.11 Å². The Balaban J connectivity index is 2.65. The van der Waals surface area contributed by atoms with Gasteiger partial charge in [0.15, 0.2) is 0 Å². The molecule has 0 bridgehead atoms. The van der Waals surface area contributed by atoms with E-state index in [-0.39, 0.29) is 0 Å². The normalized spacial score (nSPS) is 11.1. The van der Waals surface area contributed by atoms with Crippen LogP contribution < -0.4 is 0 Å². The molecule has 0 aliphatic heterocycles. The van der Waals surface area contributed by atoms with E-state index < -0.39 is 0 Å². The van der Waals surface area contributed by atoms with Crippen molar-refractivity contribution >= 4 is 10.9 Å². The first-order valence-corrected chi connectivity index (χ1v) is 4.76. The first-order valence-electron chi connectivity index (χ1n) is 4.76. The van der Waals surface area contributed by atoms with E-state index >= 15 is 0 Å². The molecular formula is C12H15NO. The summed E-state index contributed by atoms with van der Waals surface area (Å²) in [7, 11) is 3.80.